The van der Waals surface area contributed by atoms with Gasteiger partial charge < -0.3 is 15.2 Å². The van der Waals surface area contributed by atoms with Crippen molar-refractivity contribution >= 4 is 5.84 Å². The molecule has 3 N–H and O–H groups in total. The monoisotopic (exact) mass is 234 g/mol. The van der Waals surface area contributed by atoms with Crippen LogP contribution in [-0.2, 0) is 19.5 Å². The average Bonchev–Trinajstić information content (AvgIpc) is 2.28. The second-order valence-corrected chi connectivity index (χ2v) is 4.48. The van der Waals surface area contributed by atoms with Crippen molar-refractivity contribution in [1.29, 1.82) is 5.41 Å². The van der Waals surface area contributed by atoms with Gasteiger partial charge in [0.05, 0.1) is 5.56 Å². The van der Waals surface area contributed by atoms with Crippen LogP contribution in [0.5, 0.6) is 0 Å². The number of fused-ring (bicyclic) bond motifs is 1. The van der Waals surface area contributed by atoms with Crippen LogP contribution in [0.3, 0.4) is 0 Å². The molecule has 2 heterocycles. The van der Waals surface area contributed by atoms with Crippen LogP contribution in [0.25, 0.3) is 0 Å². The van der Waals surface area contributed by atoms with Crippen molar-refractivity contribution in [3.05, 3.63) is 33.2 Å². The second kappa shape index (κ2) is 4.33. The molecule has 0 aromatic carbocycles. The molecule has 0 atom stereocenters. The quantitative estimate of drug-likeness (QED) is 0.564. The van der Waals surface area contributed by atoms with E-state index < -0.39 is 0 Å². The predicted molar refractivity (Wildman–Crippen MR) is 67.4 cm³/mol. The molecule has 0 amide bonds. The molecule has 0 spiro atoms. The van der Waals surface area contributed by atoms with Gasteiger partial charge in [0.1, 0.15) is 5.84 Å². The number of hydrogen-bond donors (Lipinski definition) is 2. The van der Waals surface area contributed by atoms with Gasteiger partial charge in [-0.15, -0.1) is 0 Å². The summed E-state index contributed by atoms with van der Waals surface area (Å²) in [6, 6.07) is 1.78. The van der Waals surface area contributed by atoms with E-state index in [9.17, 15) is 4.79 Å². The van der Waals surface area contributed by atoms with Gasteiger partial charge in [0.2, 0.25) is 0 Å². The zero-order chi connectivity index (χ0) is 12.6. The Hall–Kier alpha value is -1.62. The van der Waals surface area contributed by atoms with Gasteiger partial charge in [-0.25, -0.2) is 0 Å². The van der Waals surface area contributed by atoms with E-state index in [0.717, 1.165) is 30.8 Å². The van der Waals surface area contributed by atoms with Crippen molar-refractivity contribution in [2.75, 3.05) is 13.6 Å². The minimum Gasteiger partial charge on any atom is -0.384 e. The van der Waals surface area contributed by atoms with E-state index in [1.54, 1.807) is 10.6 Å². The SMILES string of the molecule is CCn1c2c(cc(C(=N)N)c1=O)CN(C)CC2. The van der Waals surface area contributed by atoms with Crippen LogP contribution in [-0.4, -0.2) is 28.9 Å². The molecule has 0 unspecified atom stereocenters. The zero-order valence-electron chi connectivity index (χ0n) is 10.3. The Morgan fingerprint density at radius 2 is 2.29 bits per heavy atom. The highest BCUT2D eigenvalue weighted by Crippen LogP contribution is 2.17. The Kier molecular flexibility index (Phi) is 3.02. The van der Waals surface area contributed by atoms with Gasteiger partial charge in [-0.1, -0.05) is 0 Å². The molecule has 92 valence electrons. The van der Waals surface area contributed by atoms with E-state index in [2.05, 4.69) is 11.9 Å². The molecule has 17 heavy (non-hydrogen) atoms. The molecule has 5 nitrogen and oxygen atoms in total. The molecule has 0 bridgehead atoms. The Bertz CT molecular complexity index is 518. The number of aromatic nitrogens is 1. The van der Waals surface area contributed by atoms with Crippen LogP contribution in [0.2, 0.25) is 0 Å². The van der Waals surface area contributed by atoms with Gasteiger partial charge >= 0.3 is 0 Å². The largest absolute Gasteiger partial charge is 0.384 e. The van der Waals surface area contributed by atoms with E-state index in [1.165, 1.54) is 0 Å². The Morgan fingerprint density at radius 3 is 2.88 bits per heavy atom. The number of nitrogens with two attached hydrogens (primary N) is 1. The summed E-state index contributed by atoms with van der Waals surface area (Å²) in [4.78, 5) is 14.3. The minimum absolute atomic E-state index is 0.136. The first kappa shape index (κ1) is 11.9. The fourth-order valence-electron chi connectivity index (χ4n) is 2.39. The smallest absolute Gasteiger partial charge is 0.261 e. The Labute approximate surface area is 100 Å². The van der Waals surface area contributed by atoms with E-state index in [0.29, 0.717) is 12.1 Å². The highest BCUT2D eigenvalue weighted by atomic mass is 16.1. The number of rotatable bonds is 2. The summed E-state index contributed by atoms with van der Waals surface area (Å²) in [7, 11) is 2.05. The standard InChI is InChI=1S/C12H18N4O/c1-3-16-10-4-5-15(2)7-8(10)6-9(11(13)14)12(16)17/h6H,3-5,7H2,1-2H3,(H3,13,14). The third kappa shape index (κ3) is 1.98. The number of hydrogen-bond acceptors (Lipinski definition) is 3. The Morgan fingerprint density at radius 1 is 1.59 bits per heavy atom. The van der Waals surface area contributed by atoms with Gasteiger partial charge in [-0.2, -0.15) is 0 Å². The molecule has 0 fully saturated rings. The highest BCUT2D eigenvalue weighted by molar-refractivity contribution is 5.94. The van der Waals surface area contributed by atoms with Crippen LogP contribution >= 0.6 is 0 Å². The van der Waals surface area contributed by atoms with Crippen molar-refractivity contribution < 1.29 is 0 Å². The fraction of sp³-hybridized carbons (Fsp3) is 0.500. The topological polar surface area (TPSA) is 75.1 Å². The van der Waals surface area contributed by atoms with Gasteiger partial charge in [-0.05, 0) is 25.6 Å². The second-order valence-electron chi connectivity index (χ2n) is 4.48. The van der Waals surface area contributed by atoms with Gasteiger partial charge in [0.15, 0.2) is 0 Å². The maximum atomic E-state index is 12.1. The number of nitrogen functional groups attached to an aromatic ring is 1. The van der Waals surface area contributed by atoms with Crippen molar-refractivity contribution in [2.45, 2.75) is 26.4 Å². The Balaban J connectivity index is 2.66. The van der Waals surface area contributed by atoms with Crippen LogP contribution in [0.15, 0.2) is 10.9 Å². The number of nitrogens with one attached hydrogen (secondary N) is 1. The van der Waals surface area contributed by atoms with Crippen molar-refractivity contribution in [3.63, 3.8) is 0 Å². The summed E-state index contributed by atoms with van der Waals surface area (Å²) < 4.78 is 1.75. The first-order valence-electron chi connectivity index (χ1n) is 5.83. The lowest BCUT2D eigenvalue weighted by Crippen LogP contribution is -2.37. The molecular weight excluding hydrogens is 216 g/mol. The van der Waals surface area contributed by atoms with Crippen LogP contribution < -0.4 is 11.3 Å². The number of nitrogens with zero attached hydrogens (tertiary/aromatic N) is 2. The number of pyridine rings is 1. The fourth-order valence-corrected chi connectivity index (χ4v) is 2.39. The first-order valence-corrected chi connectivity index (χ1v) is 5.83. The molecule has 1 aliphatic heterocycles. The molecule has 2 rings (SSSR count). The summed E-state index contributed by atoms with van der Waals surface area (Å²) in [5.41, 5.74) is 7.86. The first-order chi connectivity index (χ1) is 8.04. The minimum atomic E-state index is -0.145. The third-order valence-corrected chi connectivity index (χ3v) is 3.27. The van der Waals surface area contributed by atoms with Gasteiger partial charge in [0, 0.05) is 31.7 Å². The van der Waals surface area contributed by atoms with Crippen molar-refractivity contribution in [3.8, 4) is 0 Å². The highest BCUT2D eigenvalue weighted by Gasteiger charge is 2.20. The van der Waals surface area contributed by atoms with E-state index in [-0.39, 0.29) is 11.4 Å². The van der Waals surface area contributed by atoms with E-state index >= 15 is 0 Å². The maximum Gasteiger partial charge on any atom is 0.261 e. The number of amidine groups is 1. The predicted octanol–water partition coefficient (Wildman–Crippen LogP) is 0.140. The zero-order valence-corrected chi connectivity index (χ0v) is 10.3. The third-order valence-electron chi connectivity index (χ3n) is 3.27. The molecule has 0 saturated heterocycles. The molecule has 1 aromatic heterocycles. The van der Waals surface area contributed by atoms with E-state index in [4.69, 9.17) is 11.1 Å². The van der Waals surface area contributed by atoms with Gasteiger partial charge in [-0.3, -0.25) is 10.2 Å². The molecule has 0 saturated carbocycles. The lowest BCUT2D eigenvalue weighted by molar-refractivity contribution is 0.304. The molecule has 1 aromatic rings. The normalized spacial score (nSPS) is 15.6. The van der Waals surface area contributed by atoms with Crippen molar-refractivity contribution in [1.82, 2.24) is 9.47 Å². The molecule has 5 heteroatoms. The van der Waals surface area contributed by atoms with Gasteiger partial charge in [0.25, 0.3) is 5.56 Å². The molecule has 1 aliphatic rings. The number of likely N-dealkylation sites (N-methyl/N-ethyl adjacent to an activating group) is 1. The summed E-state index contributed by atoms with van der Waals surface area (Å²) >= 11 is 0. The average molecular weight is 234 g/mol. The van der Waals surface area contributed by atoms with Crippen LogP contribution in [0.4, 0.5) is 0 Å². The van der Waals surface area contributed by atoms with Crippen LogP contribution in [0.1, 0.15) is 23.7 Å². The maximum absolute atomic E-state index is 12.1. The summed E-state index contributed by atoms with van der Waals surface area (Å²) in [6.45, 7) is 4.36. The summed E-state index contributed by atoms with van der Waals surface area (Å²) in [5.74, 6) is -0.145. The summed E-state index contributed by atoms with van der Waals surface area (Å²) in [5, 5.41) is 7.47. The van der Waals surface area contributed by atoms with Crippen molar-refractivity contribution in [2.24, 2.45) is 5.73 Å². The lowest BCUT2D eigenvalue weighted by atomic mass is 10.0. The summed E-state index contributed by atoms with van der Waals surface area (Å²) in [6.07, 6.45) is 0.882. The lowest BCUT2D eigenvalue weighted by Gasteiger charge is -2.27. The van der Waals surface area contributed by atoms with E-state index in [1.807, 2.05) is 6.92 Å². The molecular formula is C12H18N4O. The molecule has 0 aliphatic carbocycles. The molecule has 0 radical (unpaired) electrons. The van der Waals surface area contributed by atoms with Crippen LogP contribution in [0, 0.1) is 5.41 Å².